The molecule has 3 unspecified atom stereocenters. The number of nitrogens with one attached hydrogen (secondary N) is 1. The highest BCUT2D eigenvalue weighted by molar-refractivity contribution is 7.88. The number of hydrogen-bond donors (Lipinski definition) is 1. The second-order valence-corrected chi connectivity index (χ2v) is 9.45. The SMILES string of the molecule is COC1CCN(Cc2ccc(C(C)NS(C)(=O)=O)cc2)CC1c1ccccc1. The summed E-state index contributed by atoms with van der Waals surface area (Å²) in [4.78, 5) is 2.47. The molecule has 0 radical (unpaired) electrons. The van der Waals surface area contributed by atoms with E-state index in [4.69, 9.17) is 4.74 Å². The van der Waals surface area contributed by atoms with E-state index >= 15 is 0 Å². The molecule has 0 aliphatic carbocycles. The Morgan fingerprint density at radius 3 is 2.43 bits per heavy atom. The van der Waals surface area contributed by atoms with Crippen molar-refractivity contribution >= 4 is 10.0 Å². The number of hydrogen-bond acceptors (Lipinski definition) is 4. The van der Waals surface area contributed by atoms with Crippen LogP contribution in [-0.2, 0) is 21.3 Å². The first-order valence-electron chi connectivity index (χ1n) is 9.72. The Hall–Kier alpha value is -1.73. The van der Waals surface area contributed by atoms with Crippen LogP contribution in [0.5, 0.6) is 0 Å². The molecule has 1 saturated heterocycles. The summed E-state index contributed by atoms with van der Waals surface area (Å²) >= 11 is 0. The maximum absolute atomic E-state index is 11.4. The van der Waals surface area contributed by atoms with Crippen LogP contribution >= 0.6 is 0 Å². The minimum atomic E-state index is -3.21. The second kappa shape index (κ2) is 9.18. The topological polar surface area (TPSA) is 58.6 Å². The number of piperidine rings is 1. The van der Waals surface area contributed by atoms with E-state index < -0.39 is 10.0 Å². The number of nitrogens with zero attached hydrogens (tertiary/aromatic N) is 1. The van der Waals surface area contributed by atoms with Gasteiger partial charge in [0, 0.05) is 38.7 Å². The third kappa shape index (κ3) is 5.64. The zero-order chi connectivity index (χ0) is 20.1. The molecular formula is C22H30N2O3S. The van der Waals surface area contributed by atoms with E-state index in [1.165, 1.54) is 17.4 Å². The normalized spacial score (nSPS) is 22.1. The first kappa shape index (κ1) is 21.0. The number of likely N-dealkylation sites (tertiary alicyclic amines) is 1. The van der Waals surface area contributed by atoms with Crippen LogP contribution < -0.4 is 4.72 Å². The van der Waals surface area contributed by atoms with Crippen LogP contribution in [0.15, 0.2) is 54.6 Å². The van der Waals surface area contributed by atoms with Crippen molar-refractivity contribution in [2.75, 3.05) is 26.5 Å². The van der Waals surface area contributed by atoms with Gasteiger partial charge in [0.2, 0.25) is 10.0 Å². The first-order chi connectivity index (χ1) is 13.4. The molecule has 0 amide bonds. The summed E-state index contributed by atoms with van der Waals surface area (Å²) in [6.45, 7) is 4.72. The Kier molecular flexibility index (Phi) is 6.88. The summed E-state index contributed by atoms with van der Waals surface area (Å²) < 4.78 is 31.2. The number of rotatable bonds is 7. The minimum Gasteiger partial charge on any atom is -0.381 e. The maximum Gasteiger partial charge on any atom is 0.209 e. The average Bonchev–Trinajstić information content (AvgIpc) is 2.68. The lowest BCUT2D eigenvalue weighted by atomic mass is 9.87. The van der Waals surface area contributed by atoms with Crippen LogP contribution in [0.1, 0.15) is 42.0 Å². The largest absolute Gasteiger partial charge is 0.381 e. The van der Waals surface area contributed by atoms with Gasteiger partial charge in [-0.15, -0.1) is 0 Å². The number of sulfonamides is 1. The predicted molar refractivity (Wildman–Crippen MR) is 113 cm³/mol. The standard InChI is InChI=1S/C22H30N2O3S/c1-17(23-28(3,25)26)19-11-9-18(10-12-19)15-24-14-13-22(27-2)21(16-24)20-7-5-4-6-8-20/h4-12,17,21-23H,13-16H2,1-3H3. The minimum absolute atomic E-state index is 0.232. The molecule has 5 nitrogen and oxygen atoms in total. The molecule has 2 aromatic carbocycles. The molecule has 0 aromatic heterocycles. The molecule has 2 aromatic rings. The molecule has 0 bridgehead atoms. The van der Waals surface area contributed by atoms with E-state index in [9.17, 15) is 8.42 Å². The molecule has 1 fully saturated rings. The predicted octanol–water partition coefficient (Wildman–Crippen LogP) is 3.30. The van der Waals surface area contributed by atoms with Gasteiger partial charge in [-0.25, -0.2) is 13.1 Å². The van der Waals surface area contributed by atoms with Gasteiger partial charge < -0.3 is 4.74 Å². The van der Waals surface area contributed by atoms with Crippen LogP contribution in [0.2, 0.25) is 0 Å². The van der Waals surface area contributed by atoms with Gasteiger partial charge in [-0.3, -0.25) is 4.90 Å². The highest BCUT2D eigenvalue weighted by atomic mass is 32.2. The molecule has 1 aliphatic rings. The van der Waals surface area contributed by atoms with Crippen molar-refractivity contribution in [3.8, 4) is 0 Å². The van der Waals surface area contributed by atoms with Crippen molar-refractivity contribution in [2.45, 2.75) is 38.0 Å². The lowest BCUT2D eigenvalue weighted by Crippen LogP contribution is -2.42. The van der Waals surface area contributed by atoms with Gasteiger partial charge >= 0.3 is 0 Å². The van der Waals surface area contributed by atoms with Gasteiger partial charge in [-0.1, -0.05) is 54.6 Å². The summed E-state index contributed by atoms with van der Waals surface area (Å²) in [6.07, 6.45) is 2.46. The lowest BCUT2D eigenvalue weighted by molar-refractivity contribution is 0.0198. The third-order valence-corrected chi connectivity index (χ3v) is 6.22. The van der Waals surface area contributed by atoms with Gasteiger partial charge in [-0.2, -0.15) is 0 Å². The van der Waals surface area contributed by atoms with Crippen molar-refractivity contribution in [3.63, 3.8) is 0 Å². The van der Waals surface area contributed by atoms with Crippen molar-refractivity contribution in [1.82, 2.24) is 9.62 Å². The van der Waals surface area contributed by atoms with Crippen LogP contribution in [0.4, 0.5) is 0 Å². The second-order valence-electron chi connectivity index (χ2n) is 7.67. The smallest absolute Gasteiger partial charge is 0.209 e. The molecule has 28 heavy (non-hydrogen) atoms. The Bertz CT molecular complexity index is 853. The summed E-state index contributed by atoms with van der Waals surface area (Å²) in [5.41, 5.74) is 3.53. The van der Waals surface area contributed by atoms with Gasteiger partial charge in [0.1, 0.15) is 0 Å². The van der Waals surface area contributed by atoms with Crippen LogP contribution in [0, 0.1) is 0 Å². The van der Waals surface area contributed by atoms with Crippen molar-refractivity contribution in [3.05, 3.63) is 71.3 Å². The molecule has 0 spiro atoms. The van der Waals surface area contributed by atoms with Gasteiger partial charge in [-0.05, 0) is 30.0 Å². The molecule has 1 aliphatic heterocycles. The fourth-order valence-electron chi connectivity index (χ4n) is 4.00. The maximum atomic E-state index is 11.4. The molecular weight excluding hydrogens is 372 g/mol. The summed E-state index contributed by atoms with van der Waals surface area (Å²) in [6, 6.07) is 18.6. The fourth-order valence-corrected chi connectivity index (χ4v) is 4.78. The highest BCUT2D eigenvalue weighted by Crippen LogP contribution is 2.30. The molecule has 1 N–H and O–H groups in total. The molecule has 1 heterocycles. The van der Waals surface area contributed by atoms with Crippen LogP contribution in [0.3, 0.4) is 0 Å². The van der Waals surface area contributed by atoms with Gasteiger partial charge in [0.05, 0.1) is 12.4 Å². The first-order valence-corrected chi connectivity index (χ1v) is 11.6. The lowest BCUT2D eigenvalue weighted by Gasteiger charge is -2.38. The number of ether oxygens (including phenoxy) is 1. The molecule has 0 saturated carbocycles. The Labute approximate surface area is 168 Å². The fraction of sp³-hybridized carbons (Fsp3) is 0.455. The number of methoxy groups -OCH3 is 1. The zero-order valence-corrected chi connectivity index (χ0v) is 17.7. The van der Waals surface area contributed by atoms with Gasteiger partial charge in [0.25, 0.3) is 0 Å². The highest BCUT2D eigenvalue weighted by Gasteiger charge is 2.30. The Balaban J connectivity index is 1.65. The van der Waals surface area contributed by atoms with E-state index in [1.807, 2.05) is 25.1 Å². The third-order valence-electron chi connectivity index (χ3n) is 5.44. The summed E-state index contributed by atoms with van der Waals surface area (Å²) in [5.74, 6) is 0.373. The summed E-state index contributed by atoms with van der Waals surface area (Å²) in [5, 5.41) is 0. The van der Waals surface area contributed by atoms with E-state index in [-0.39, 0.29) is 12.1 Å². The monoisotopic (exact) mass is 402 g/mol. The Morgan fingerprint density at radius 1 is 1.14 bits per heavy atom. The van der Waals surface area contributed by atoms with Crippen LogP contribution in [-0.4, -0.2) is 45.9 Å². The van der Waals surface area contributed by atoms with Crippen molar-refractivity contribution < 1.29 is 13.2 Å². The quantitative estimate of drug-likeness (QED) is 0.772. The van der Waals surface area contributed by atoms with E-state index in [0.29, 0.717) is 5.92 Å². The summed E-state index contributed by atoms with van der Waals surface area (Å²) in [7, 11) is -1.41. The Morgan fingerprint density at radius 2 is 1.82 bits per heavy atom. The molecule has 3 rings (SSSR count). The average molecular weight is 403 g/mol. The van der Waals surface area contributed by atoms with E-state index in [0.717, 1.165) is 31.6 Å². The van der Waals surface area contributed by atoms with Crippen molar-refractivity contribution in [1.29, 1.82) is 0 Å². The van der Waals surface area contributed by atoms with Crippen molar-refractivity contribution in [2.24, 2.45) is 0 Å². The molecule has 3 atom stereocenters. The van der Waals surface area contributed by atoms with Crippen LogP contribution in [0.25, 0.3) is 0 Å². The molecule has 152 valence electrons. The number of benzene rings is 2. The molecule has 6 heteroatoms. The van der Waals surface area contributed by atoms with Gasteiger partial charge in [0.15, 0.2) is 0 Å². The zero-order valence-electron chi connectivity index (χ0n) is 16.8. The van der Waals surface area contributed by atoms with E-state index in [2.05, 4.69) is 46.0 Å². The van der Waals surface area contributed by atoms with E-state index in [1.54, 1.807) is 7.11 Å².